The van der Waals surface area contributed by atoms with E-state index in [4.69, 9.17) is 24.8 Å². The van der Waals surface area contributed by atoms with Crippen molar-refractivity contribution in [2.75, 3.05) is 33.0 Å². The van der Waals surface area contributed by atoms with Gasteiger partial charge in [0.15, 0.2) is 16.7 Å². The third-order valence-corrected chi connectivity index (χ3v) is 10.9. The van der Waals surface area contributed by atoms with Gasteiger partial charge in [-0.05, 0) is 37.2 Å². The summed E-state index contributed by atoms with van der Waals surface area (Å²) < 4.78 is 23.2. The van der Waals surface area contributed by atoms with Crippen LogP contribution in [0.3, 0.4) is 0 Å². The Kier molecular flexibility index (Phi) is 11.0. The van der Waals surface area contributed by atoms with Crippen LogP contribution in [0.2, 0.25) is 18.1 Å². The minimum absolute atomic E-state index is 0.0225. The molecule has 10 heteroatoms. The van der Waals surface area contributed by atoms with Gasteiger partial charge in [0.1, 0.15) is 12.4 Å². The second kappa shape index (κ2) is 12.5. The molecule has 0 saturated carbocycles. The molecule has 0 amide bonds. The number of nitrogens with zero attached hydrogens (tertiary/aromatic N) is 2. The molecule has 0 saturated heterocycles. The predicted octanol–water partition coefficient (Wildman–Crippen LogP) is 6.34. The van der Waals surface area contributed by atoms with Gasteiger partial charge in [0.2, 0.25) is 6.54 Å². The minimum Gasteiger partial charge on any atom is -0.493 e. The zero-order valence-electron chi connectivity index (χ0n) is 19.6. The van der Waals surface area contributed by atoms with Gasteiger partial charge in [-0.1, -0.05) is 20.8 Å². The van der Waals surface area contributed by atoms with E-state index in [-0.39, 0.29) is 23.9 Å². The smallest absolute Gasteiger partial charge is 0.275 e. The van der Waals surface area contributed by atoms with Crippen LogP contribution in [0.1, 0.15) is 45.8 Å². The van der Waals surface area contributed by atoms with Gasteiger partial charge in [0, 0.05) is 25.8 Å². The Balaban J connectivity index is 2.69. The Morgan fingerprint density at radius 2 is 1.94 bits per heavy atom. The lowest BCUT2D eigenvalue weighted by Gasteiger charge is -2.36. The molecule has 2 atom stereocenters. The first-order valence-electron chi connectivity index (χ1n) is 10.3. The van der Waals surface area contributed by atoms with E-state index in [1.807, 2.05) is 0 Å². The fourth-order valence-electron chi connectivity index (χ4n) is 2.43. The van der Waals surface area contributed by atoms with E-state index in [9.17, 15) is 10.1 Å². The van der Waals surface area contributed by atoms with Crippen molar-refractivity contribution in [3.8, 4) is 5.75 Å². The zero-order valence-corrected chi connectivity index (χ0v) is 21.5. The van der Waals surface area contributed by atoms with Gasteiger partial charge >= 0.3 is 0 Å². The molecule has 0 aliphatic rings. The lowest BCUT2D eigenvalue weighted by Crippen LogP contribution is -2.41. The molecule has 0 N–H and O–H groups in total. The topological polar surface area (TPSA) is 84.4 Å². The second-order valence-corrected chi connectivity index (χ2v) is 14.8. The van der Waals surface area contributed by atoms with Crippen LogP contribution < -0.4 is 4.74 Å². The van der Waals surface area contributed by atoms with Crippen molar-refractivity contribution in [1.29, 1.82) is 0 Å². The maximum absolute atomic E-state index is 11.4. The van der Waals surface area contributed by atoms with Crippen molar-refractivity contribution < 1.29 is 23.1 Å². The summed E-state index contributed by atoms with van der Waals surface area (Å²) in [6, 6.07) is 4.69. The highest BCUT2D eigenvalue weighted by Crippen LogP contribution is 2.42. The van der Waals surface area contributed by atoms with Crippen molar-refractivity contribution >= 4 is 22.4 Å². The molecule has 0 aromatic heterocycles. The Morgan fingerprint density at radius 1 is 1.26 bits per heavy atom. The van der Waals surface area contributed by atoms with E-state index in [0.29, 0.717) is 24.5 Å². The largest absolute Gasteiger partial charge is 0.493 e. The van der Waals surface area contributed by atoms with Crippen molar-refractivity contribution in [2.45, 2.75) is 58.4 Å². The first-order chi connectivity index (χ1) is 14.4. The van der Waals surface area contributed by atoms with Crippen LogP contribution in [-0.4, -0.2) is 46.3 Å². The third kappa shape index (κ3) is 9.22. The van der Waals surface area contributed by atoms with Crippen molar-refractivity contribution in [3.63, 3.8) is 0 Å². The van der Waals surface area contributed by atoms with Crippen LogP contribution in [0.25, 0.3) is 4.85 Å². The molecule has 0 aliphatic carbocycles. The molecule has 0 heterocycles. The van der Waals surface area contributed by atoms with Crippen molar-refractivity contribution in [3.05, 3.63) is 45.3 Å². The molecule has 1 rings (SSSR count). The van der Waals surface area contributed by atoms with Gasteiger partial charge in [-0.15, -0.1) is 0 Å². The van der Waals surface area contributed by atoms with Gasteiger partial charge < -0.3 is 23.1 Å². The van der Waals surface area contributed by atoms with E-state index in [2.05, 4.69) is 38.7 Å². The van der Waals surface area contributed by atoms with Gasteiger partial charge in [0.05, 0.1) is 23.2 Å². The number of hydrogen-bond donors (Lipinski definition) is 0. The first-order valence-corrected chi connectivity index (χ1v) is 14.8. The molecule has 0 aliphatic heterocycles. The van der Waals surface area contributed by atoms with E-state index in [1.54, 1.807) is 25.7 Å². The molecule has 0 spiro atoms. The molecular weight excluding hydrogens is 435 g/mol. The average molecular weight is 471 g/mol. The Labute approximate surface area is 188 Å². The van der Waals surface area contributed by atoms with Crippen LogP contribution in [-0.2, 0) is 13.5 Å². The summed E-state index contributed by atoms with van der Waals surface area (Å²) in [5.41, 5.74) is 0.411. The van der Waals surface area contributed by atoms with Gasteiger partial charge in [0.25, 0.3) is 5.69 Å². The summed E-state index contributed by atoms with van der Waals surface area (Å²) in [4.78, 5) is 14.2. The highest BCUT2D eigenvalue weighted by atomic mass is 31.2. The van der Waals surface area contributed by atoms with Crippen molar-refractivity contribution in [1.82, 2.24) is 0 Å². The van der Waals surface area contributed by atoms with Gasteiger partial charge in [-0.3, -0.25) is 10.1 Å². The second-order valence-electron chi connectivity index (χ2n) is 8.69. The third-order valence-electron chi connectivity index (χ3n) is 5.24. The normalized spacial score (nSPS) is 14.0. The number of ether oxygens (including phenoxy) is 1. The molecule has 0 fully saturated rings. The predicted molar refractivity (Wildman–Crippen MR) is 126 cm³/mol. The average Bonchev–Trinajstić information content (AvgIpc) is 2.66. The van der Waals surface area contributed by atoms with E-state index in [0.717, 1.165) is 6.42 Å². The fourth-order valence-corrected chi connectivity index (χ4v) is 4.48. The summed E-state index contributed by atoms with van der Waals surface area (Å²) in [6.45, 7) is 22.9. The first kappa shape index (κ1) is 27.5. The van der Waals surface area contributed by atoms with Crippen LogP contribution in [0, 0.1) is 16.7 Å². The number of nitro benzene ring substituents is 1. The molecule has 2 unspecified atom stereocenters. The van der Waals surface area contributed by atoms with Gasteiger partial charge in [-0.25, -0.2) is 6.57 Å². The minimum atomic E-state index is -1.78. The number of rotatable bonds is 13. The highest BCUT2D eigenvalue weighted by Gasteiger charge is 2.36. The van der Waals surface area contributed by atoms with E-state index < -0.39 is 27.7 Å². The quantitative estimate of drug-likeness (QED) is 0.0835. The lowest BCUT2D eigenvalue weighted by atomic mass is 10.1. The van der Waals surface area contributed by atoms with Crippen LogP contribution in [0.5, 0.6) is 5.75 Å². The monoisotopic (exact) mass is 470 g/mol. The summed E-state index contributed by atoms with van der Waals surface area (Å²) in [5.74, 6) is 0.553. The van der Waals surface area contributed by atoms with Gasteiger partial charge in [-0.2, -0.15) is 0 Å². The zero-order chi connectivity index (χ0) is 23.7. The standard InChI is InChI=1S/C21H35N2O6PSi/c1-17(29-30(6)27-15-12-22-5)19-16-18(10-11-20(19)23(24)25)26-13-9-14-28-31(7,8)21(2,3)4/h10-11,16-17H,9,12-15H2,1-4,6-8H3. The summed E-state index contributed by atoms with van der Waals surface area (Å²) in [7, 11) is -3.03. The SMILES string of the molecule is [C-]#[N+]CCOP(C)OC(C)c1cc(OCCCO[Si](C)(C)C(C)(C)C)ccc1[N+](=O)[O-]. The Bertz CT molecular complexity index is 763. The van der Waals surface area contributed by atoms with Crippen LogP contribution in [0.4, 0.5) is 5.69 Å². The molecule has 0 bridgehead atoms. The molecule has 8 nitrogen and oxygen atoms in total. The number of nitro groups is 1. The summed E-state index contributed by atoms with van der Waals surface area (Å²) in [6.07, 6.45) is 0.190. The van der Waals surface area contributed by atoms with E-state index in [1.165, 1.54) is 6.07 Å². The maximum atomic E-state index is 11.4. The molecule has 1 aromatic rings. The fraction of sp³-hybridized carbons (Fsp3) is 0.667. The highest BCUT2D eigenvalue weighted by molar-refractivity contribution is 7.46. The summed E-state index contributed by atoms with van der Waals surface area (Å²) >= 11 is 0. The maximum Gasteiger partial charge on any atom is 0.275 e. The lowest BCUT2D eigenvalue weighted by molar-refractivity contribution is -0.386. The van der Waals surface area contributed by atoms with E-state index >= 15 is 0 Å². The van der Waals surface area contributed by atoms with Crippen LogP contribution in [0.15, 0.2) is 18.2 Å². The summed E-state index contributed by atoms with van der Waals surface area (Å²) in [5, 5.41) is 11.6. The Morgan fingerprint density at radius 3 is 2.52 bits per heavy atom. The molecule has 174 valence electrons. The molecular formula is C21H35N2O6PSi. The Hall–Kier alpha value is -1.56. The molecule has 0 radical (unpaired) electrons. The molecule has 31 heavy (non-hydrogen) atoms. The van der Waals surface area contributed by atoms with Crippen molar-refractivity contribution in [2.24, 2.45) is 0 Å². The molecule has 1 aromatic carbocycles. The number of hydrogen-bond acceptors (Lipinski definition) is 6. The number of benzene rings is 1. The van der Waals surface area contributed by atoms with Crippen LogP contribution >= 0.6 is 8.38 Å².